The van der Waals surface area contributed by atoms with E-state index in [0.717, 1.165) is 10.6 Å². The molecule has 0 spiro atoms. The zero-order valence-corrected chi connectivity index (χ0v) is 15.7. The van der Waals surface area contributed by atoms with Crippen LogP contribution in [0.5, 0.6) is 0 Å². The van der Waals surface area contributed by atoms with Crippen LogP contribution in [-0.4, -0.2) is 60.6 Å². The van der Waals surface area contributed by atoms with Crippen molar-refractivity contribution in [2.75, 3.05) is 44.3 Å². The van der Waals surface area contributed by atoms with E-state index in [4.69, 9.17) is 0 Å². The Morgan fingerprint density at radius 2 is 1.62 bits per heavy atom. The SMILES string of the molecule is CSc1ccccc1NC(=O)CN1CCN(C(=O)c2ccccc2)CC1. The monoisotopic (exact) mass is 369 g/mol. The third-order valence-electron chi connectivity index (χ3n) is 4.43. The van der Waals surface area contributed by atoms with Crippen molar-refractivity contribution < 1.29 is 9.59 Å². The zero-order chi connectivity index (χ0) is 18.4. The molecule has 1 N–H and O–H groups in total. The van der Waals surface area contributed by atoms with Crippen LogP contribution in [0.15, 0.2) is 59.5 Å². The predicted molar refractivity (Wildman–Crippen MR) is 106 cm³/mol. The van der Waals surface area contributed by atoms with Crippen molar-refractivity contribution in [3.8, 4) is 0 Å². The molecule has 0 aromatic heterocycles. The van der Waals surface area contributed by atoms with E-state index in [1.807, 2.05) is 65.8 Å². The molecule has 3 rings (SSSR count). The van der Waals surface area contributed by atoms with Crippen molar-refractivity contribution in [3.63, 3.8) is 0 Å². The molecule has 2 amide bonds. The zero-order valence-electron chi connectivity index (χ0n) is 14.9. The van der Waals surface area contributed by atoms with Crippen molar-refractivity contribution in [1.82, 2.24) is 9.80 Å². The third kappa shape index (κ3) is 4.65. The highest BCUT2D eigenvalue weighted by molar-refractivity contribution is 7.98. The molecule has 2 aromatic rings. The molecular formula is C20H23N3O2S. The number of piperazine rings is 1. The molecular weight excluding hydrogens is 346 g/mol. The Balaban J connectivity index is 1.49. The van der Waals surface area contributed by atoms with Gasteiger partial charge in [0.2, 0.25) is 5.91 Å². The first-order chi connectivity index (χ1) is 12.7. The fourth-order valence-corrected chi connectivity index (χ4v) is 3.57. The summed E-state index contributed by atoms with van der Waals surface area (Å²) in [5, 5.41) is 2.99. The van der Waals surface area contributed by atoms with Gasteiger partial charge in [0.1, 0.15) is 0 Å². The van der Waals surface area contributed by atoms with Crippen LogP contribution in [0.1, 0.15) is 10.4 Å². The van der Waals surface area contributed by atoms with Crippen LogP contribution in [0.4, 0.5) is 5.69 Å². The summed E-state index contributed by atoms with van der Waals surface area (Å²) in [4.78, 5) is 29.8. The first-order valence-electron chi connectivity index (χ1n) is 8.67. The molecule has 1 heterocycles. The Bertz CT molecular complexity index is 759. The first-order valence-corrected chi connectivity index (χ1v) is 9.89. The van der Waals surface area contributed by atoms with E-state index in [9.17, 15) is 9.59 Å². The number of hydrogen-bond donors (Lipinski definition) is 1. The van der Waals surface area contributed by atoms with Gasteiger partial charge in [0.05, 0.1) is 12.2 Å². The van der Waals surface area contributed by atoms with Crippen molar-refractivity contribution in [3.05, 3.63) is 60.2 Å². The van der Waals surface area contributed by atoms with Crippen LogP contribution in [-0.2, 0) is 4.79 Å². The van der Waals surface area contributed by atoms with Gasteiger partial charge in [-0.3, -0.25) is 14.5 Å². The molecule has 0 atom stereocenters. The lowest BCUT2D eigenvalue weighted by molar-refractivity contribution is -0.117. The van der Waals surface area contributed by atoms with Gasteiger partial charge >= 0.3 is 0 Å². The van der Waals surface area contributed by atoms with E-state index in [0.29, 0.717) is 38.3 Å². The Labute approximate surface area is 158 Å². The Kier molecular flexibility index (Phi) is 6.30. The van der Waals surface area contributed by atoms with Crippen molar-refractivity contribution in [1.29, 1.82) is 0 Å². The largest absolute Gasteiger partial charge is 0.336 e. The summed E-state index contributed by atoms with van der Waals surface area (Å²) in [6.07, 6.45) is 1.99. The van der Waals surface area contributed by atoms with E-state index in [-0.39, 0.29) is 11.8 Å². The molecule has 0 unspecified atom stereocenters. The van der Waals surface area contributed by atoms with Crippen LogP contribution in [0.2, 0.25) is 0 Å². The van der Waals surface area contributed by atoms with Gasteiger partial charge in [-0.1, -0.05) is 30.3 Å². The second kappa shape index (κ2) is 8.87. The van der Waals surface area contributed by atoms with Gasteiger partial charge in [-0.2, -0.15) is 0 Å². The van der Waals surface area contributed by atoms with Gasteiger partial charge in [-0.25, -0.2) is 0 Å². The Hall–Kier alpha value is -2.31. The maximum Gasteiger partial charge on any atom is 0.253 e. The number of amides is 2. The van der Waals surface area contributed by atoms with Crippen molar-refractivity contribution >= 4 is 29.3 Å². The molecule has 1 aliphatic heterocycles. The van der Waals surface area contributed by atoms with E-state index >= 15 is 0 Å². The molecule has 5 nitrogen and oxygen atoms in total. The van der Waals surface area contributed by atoms with Gasteiger partial charge in [0, 0.05) is 36.6 Å². The highest BCUT2D eigenvalue weighted by Crippen LogP contribution is 2.24. The van der Waals surface area contributed by atoms with Crippen LogP contribution < -0.4 is 5.32 Å². The van der Waals surface area contributed by atoms with E-state index < -0.39 is 0 Å². The number of anilines is 1. The Morgan fingerprint density at radius 3 is 2.31 bits per heavy atom. The molecule has 26 heavy (non-hydrogen) atoms. The minimum absolute atomic E-state index is 0.0191. The average Bonchev–Trinajstić information content (AvgIpc) is 2.69. The Morgan fingerprint density at radius 1 is 0.962 bits per heavy atom. The number of rotatable bonds is 5. The molecule has 1 aliphatic rings. The number of carbonyl (C=O) groups is 2. The maximum absolute atomic E-state index is 12.5. The predicted octanol–water partition coefficient (Wildman–Crippen LogP) is 2.81. The van der Waals surface area contributed by atoms with Crippen LogP contribution >= 0.6 is 11.8 Å². The number of nitrogens with zero attached hydrogens (tertiary/aromatic N) is 2. The summed E-state index contributed by atoms with van der Waals surface area (Å²) in [6, 6.07) is 17.1. The number of thioether (sulfide) groups is 1. The van der Waals surface area contributed by atoms with Gasteiger partial charge < -0.3 is 10.2 Å². The molecule has 0 aliphatic carbocycles. The number of nitrogens with one attached hydrogen (secondary N) is 1. The normalized spacial score (nSPS) is 14.9. The van der Waals surface area contributed by atoms with Gasteiger partial charge in [0.25, 0.3) is 5.91 Å². The summed E-state index contributed by atoms with van der Waals surface area (Å²) in [5.74, 6) is 0.0398. The summed E-state index contributed by atoms with van der Waals surface area (Å²) < 4.78 is 0. The number of carbonyl (C=O) groups excluding carboxylic acids is 2. The van der Waals surface area contributed by atoms with E-state index in [1.165, 1.54) is 0 Å². The number of benzene rings is 2. The smallest absolute Gasteiger partial charge is 0.253 e. The fourth-order valence-electron chi connectivity index (χ4n) is 3.01. The summed E-state index contributed by atoms with van der Waals surface area (Å²) in [6.45, 7) is 3.03. The van der Waals surface area contributed by atoms with E-state index in [2.05, 4.69) is 10.2 Å². The quantitative estimate of drug-likeness (QED) is 0.824. The highest BCUT2D eigenvalue weighted by atomic mass is 32.2. The average molecular weight is 369 g/mol. The first kappa shape index (κ1) is 18.5. The lowest BCUT2D eigenvalue weighted by Gasteiger charge is -2.34. The molecule has 136 valence electrons. The summed E-state index contributed by atoms with van der Waals surface area (Å²) >= 11 is 1.61. The molecule has 0 saturated carbocycles. The van der Waals surface area contributed by atoms with Crippen LogP contribution in [0.25, 0.3) is 0 Å². The molecule has 0 bridgehead atoms. The highest BCUT2D eigenvalue weighted by Gasteiger charge is 2.23. The van der Waals surface area contributed by atoms with Crippen molar-refractivity contribution in [2.45, 2.75) is 4.90 Å². The third-order valence-corrected chi connectivity index (χ3v) is 5.22. The standard InChI is InChI=1S/C20H23N3O2S/c1-26-18-10-6-5-9-17(18)21-19(24)15-22-11-13-23(14-12-22)20(25)16-7-3-2-4-8-16/h2-10H,11-15H2,1H3,(H,21,24). The second-order valence-electron chi connectivity index (χ2n) is 6.18. The lowest BCUT2D eigenvalue weighted by atomic mass is 10.2. The maximum atomic E-state index is 12.5. The second-order valence-corrected chi connectivity index (χ2v) is 7.03. The minimum Gasteiger partial charge on any atom is -0.336 e. The molecule has 1 fully saturated rings. The van der Waals surface area contributed by atoms with Crippen LogP contribution in [0.3, 0.4) is 0 Å². The van der Waals surface area contributed by atoms with Crippen LogP contribution in [0, 0.1) is 0 Å². The summed E-state index contributed by atoms with van der Waals surface area (Å²) in [7, 11) is 0. The minimum atomic E-state index is -0.0191. The fraction of sp³-hybridized carbons (Fsp3) is 0.300. The number of hydrogen-bond acceptors (Lipinski definition) is 4. The van der Waals surface area contributed by atoms with Gasteiger partial charge in [-0.15, -0.1) is 11.8 Å². The van der Waals surface area contributed by atoms with Crippen molar-refractivity contribution in [2.24, 2.45) is 0 Å². The molecule has 1 saturated heterocycles. The molecule has 6 heteroatoms. The lowest BCUT2D eigenvalue weighted by Crippen LogP contribution is -2.50. The molecule has 0 radical (unpaired) electrons. The van der Waals surface area contributed by atoms with Gasteiger partial charge in [0.15, 0.2) is 0 Å². The van der Waals surface area contributed by atoms with Gasteiger partial charge in [-0.05, 0) is 30.5 Å². The molecule has 2 aromatic carbocycles. The topological polar surface area (TPSA) is 52.7 Å². The summed E-state index contributed by atoms with van der Waals surface area (Å²) in [5.41, 5.74) is 1.57. The number of para-hydroxylation sites is 1. The van der Waals surface area contributed by atoms with E-state index in [1.54, 1.807) is 11.8 Å².